The van der Waals surface area contributed by atoms with Crippen molar-refractivity contribution in [1.29, 1.82) is 0 Å². The quantitative estimate of drug-likeness (QED) is 0.884. The zero-order valence-corrected chi connectivity index (χ0v) is 14.9. The Morgan fingerprint density at radius 2 is 2.21 bits per heavy atom. The van der Waals surface area contributed by atoms with Crippen molar-refractivity contribution in [1.82, 2.24) is 9.88 Å². The van der Waals surface area contributed by atoms with Gasteiger partial charge in [0.2, 0.25) is 5.91 Å². The predicted octanol–water partition coefficient (Wildman–Crippen LogP) is 2.87. The molecule has 0 saturated carbocycles. The Bertz CT molecular complexity index is 689. The fourth-order valence-corrected chi connectivity index (χ4v) is 3.51. The van der Waals surface area contributed by atoms with Crippen molar-refractivity contribution in [3.63, 3.8) is 0 Å². The Hall–Kier alpha value is -1.63. The summed E-state index contributed by atoms with van der Waals surface area (Å²) in [6.45, 7) is 1.83. The Balaban J connectivity index is 1.51. The number of piperidine rings is 1. The van der Waals surface area contributed by atoms with Crippen LogP contribution in [0, 0.1) is 0 Å². The molecule has 128 valence electrons. The van der Waals surface area contributed by atoms with E-state index in [1.165, 1.54) is 11.3 Å². The lowest BCUT2D eigenvalue weighted by Crippen LogP contribution is -2.46. The first kappa shape index (κ1) is 17.2. The molecule has 1 aromatic heterocycles. The fraction of sp³-hybridized carbons (Fsp3) is 0.412. The van der Waals surface area contributed by atoms with E-state index in [0.717, 1.165) is 35.8 Å². The number of likely N-dealkylation sites (tertiary alicyclic amines) is 1. The molecule has 1 aromatic carbocycles. The average Bonchev–Trinajstić information content (AvgIpc) is 3.02. The van der Waals surface area contributed by atoms with E-state index in [1.807, 2.05) is 22.4 Å². The van der Waals surface area contributed by atoms with Gasteiger partial charge in [0.15, 0.2) is 0 Å². The summed E-state index contributed by atoms with van der Waals surface area (Å²) in [5.41, 5.74) is 6.72. The van der Waals surface area contributed by atoms with Crippen molar-refractivity contribution >= 4 is 28.8 Å². The van der Waals surface area contributed by atoms with Gasteiger partial charge in [-0.15, -0.1) is 11.3 Å². The number of rotatable bonds is 5. The van der Waals surface area contributed by atoms with Gasteiger partial charge in [0, 0.05) is 29.5 Å². The van der Waals surface area contributed by atoms with Crippen molar-refractivity contribution in [2.45, 2.75) is 31.9 Å². The molecule has 3 rings (SSSR count). The van der Waals surface area contributed by atoms with Gasteiger partial charge >= 0.3 is 0 Å². The lowest BCUT2D eigenvalue weighted by Gasteiger charge is -2.30. The van der Waals surface area contributed by atoms with Gasteiger partial charge in [0.25, 0.3) is 0 Å². The normalized spacial score (nSPS) is 17.8. The summed E-state index contributed by atoms with van der Waals surface area (Å²) in [5.74, 6) is 0.843. The number of nitrogens with two attached hydrogens (primary N) is 1. The van der Waals surface area contributed by atoms with Crippen molar-refractivity contribution in [3.05, 3.63) is 45.4 Å². The van der Waals surface area contributed by atoms with Crippen LogP contribution < -0.4 is 10.5 Å². The molecule has 0 bridgehead atoms. The molecule has 2 N–H and O–H groups in total. The zero-order chi connectivity index (χ0) is 16.9. The van der Waals surface area contributed by atoms with Gasteiger partial charge in [0.1, 0.15) is 17.4 Å². The number of nitrogens with zero attached hydrogens (tertiary/aromatic N) is 2. The van der Waals surface area contributed by atoms with Crippen LogP contribution in [0.1, 0.15) is 23.5 Å². The SMILES string of the molecule is NC1CCCN(C(=O)Cc2csc(COc3ccc(Cl)cc3)n2)C1. The topological polar surface area (TPSA) is 68.5 Å². The molecule has 5 nitrogen and oxygen atoms in total. The molecule has 0 aliphatic carbocycles. The Morgan fingerprint density at radius 3 is 2.96 bits per heavy atom. The minimum Gasteiger partial charge on any atom is -0.486 e. The summed E-state index contributed by atoms with van der Waals surface area (Å²) in [4.78, 5) is 18.7. The number of halogens is 1. The zero-order valence-electron chi connectivity index (χ0n) is 13.3. The molecule has 1 saturated heterocycles. The molecule has 1 aliphatic heterocycles. The van der Waals surface area contributed by atoms with Crippen LogP contribution in [-0.2, 0) is 17.8 Å². The molecule has 1 fully saturated rings. The third-order valence-electron chi connectivity index (χ3n) is 3.92. The molecular formula is C17H20ClN3O2S. The fourth-order valence-electron chi connectivity index (χ4n) is 2.68. The van der Waals surface area contributed by atoms with Crippen molar-refractivity contribution in [2.75, 3.05) is 13.1 Å². The van der Waals surface area contributed by atoms with Crippen LogP contribution in [0.3, 0.4) is 0 Å². The van der Waals surface area contributed by atoms with Gasteiger partial charge in [-0.2, -0.15) is 0 Å². The lowest BCUT2D eigenvalue weighted by atomic mass is 10.1. The largest absolute Gasteiger partial charge is 0.486 e. The van der Waals surface area contributed by atoms with Crippen LogP contribution >= 0.6 is 22.9 Å². The monoisotopic (exact) mass is 365 g/mol. The van der Waals surface area contributed by atoms with E-state index >= 15 is 0 Å². The Kier molecular flexibility index (Phi) is 5.71. The third kappa shape index (κ3) is 4.69. The molecule has 2 heterocycles. The molecule has 0 spiro atoms. The van der Waals surface area contributed by atoms with Crippen molar-refractivity contribution in [3.8, 4) is 5.75 Å². The van der Waals surface area contributed by atoms with Gasteiger partial charge in [0.05, 0.1) is 12.1 Å². The van der Waals surface area contributed by atoms with E-state index in [1.54, 1.807) is 12.1 Å². The highest BCUT2D eigenvalue weighted by Crippen LogP contribution is 2.19. The molecule has 1 aliphatic rings. The molecule has 1 amide bonds. The van der Waals surface area contributed by atoms with Crippen LogP contribution in [0.5, 0.6) is 5.75 Å². The van der Waals surface area contributed by atoms with E-state index in [4.69, 9.17) is 22.1 Å². The molecule has 1 unspecified atom stereocenters. The third-order valence-corrected chi connectivity index (χ3v) is 5.04. The maximum absolute atomic E-state index is 12.3. The van der Waals surface area contributed by atoms with Crippen LogP contribution in [0.4, 0.5) is 0 Å². The second-order valence-corrected chi connectivity index (χ2v) is 7.27. The Labute approximate surface area is 150 Å². The number of thiazole rings is 1. The van der Waals surface area contributed by atoms with E-state index in [2.05, 4.69) is 4.98 Å². The first-order chi connectivity index (χ1) is 11.6. The summed E-state index contributed by atoms with van der Waals surface area (Å²) in [7, 11) is 0. The number of carbonyl (C=O) groups excluding carboxylic acids is 1. The average molecular weight is 366 g/mol. The van der Waals surface area contributed by atoms with E-state index < -0.39 is 0 Å². The second kappa shape index (κ2) is 7.96. The summed E-state index contributed by atoms with van der Waals surface area (Å²) in [6, 6.07) is 7.31. The van der Waals surface area contributed by atoms with Crippen LogP contribution in [0.25, 0.3) is 0 Å². The van der Waals surface area contributed by atoms with Gasteiger partial charge in [-0.1, -0.05) is 11.6 Å². The highest BCUT2D eigenvalue weighted by molar-refractivity contribution is 7.09. The highest BCUT2D eigenvalue weighted by Gasteiger charge is 2.21. The molecular weight excluding hydrogens is 346 g/mol. The highest BCUT2D eigenvalue weighted by atomic mass is 35.5. The number of aromatic nitrogens is 1. The first-order valence-corrected chi connectivity index (χ1v) is 9.21. The van der Waals surface area contributed by atoms with Crippen LogP contribution in [0.2, 0.25) is 5.02 Å². The van der Waals surface area contributed by atoms with E-state index in [0.29, 0.717) is 24.6 Å². The molecule has 1 atom stereocenters. The lowest BCUT2D eigenvalue weighted by molar-refractivity contribution is -0.131. The molecule has 2 aromatic rings. The van der Waals surface area contributed by atoms with Gasteiger partial charge in [-0.05, 0) is 37.1 Å². The van der Waals surface area contributed by atoms with Gasteiger partial charge < -0.3 is 15.4 Å². The number of hydrogen-bond donors (Lipinski definition) is 1. The van der Waals surface area contributed by atoms with Gasteiger partial charge in [-0.3, -0.25) is 4.79 Å². The molecule has 0 radical (unpaired) electrons. The Morgan fingerprint density at radius 1 is 1.42 bits per heavy atom. The number of benzene rings is 1. The van der Waals surface area contributed by atoms with Gasteiger partial charge in [-0.25, -0.2) is 4.98 Å². The van der Waals surface area contributed by atoms with Crippen molar-refractivity contribution < 1.29 is 9.53 Å². The summed E-state index contributed by atoms with van der Waals surface area (Å²) in [6.07, 6.45) is 2.29. The summed E-state index contributed by atoms with van der Waals surface area (Å²) >= 11 is 7.35. The minimum atomic E-state index is 0.0978. The van der Waals surface area contributed by atoms with Crippen LogP contribution in [-0.4, -0.2) is 34.9 Å². The van der Waals surface area contributed by atoms with E-state index in [9.17, 15) is 4.79 Å². The number of carbonyl (C=O) groups is 1. The summed E-state index contributed by atoms with van der Waals surface area (Å²) < 4.78 is 5.67. The predicted molar refractivity (Wildman–Crippen MR) is 95.4 cm³/mol. The van der Waals surface area contributed by atoms with E-state index in [-0.39, 0.29) is 11.9 Å². The second-order valence-electron chi connectivity index (χ2n) is 5.89. The number of ether oxygens (including phenoxy) is 1. The maximum Gasteiger partial charge on any atom is 0.228 e. The minimum absolute atomic E-state index is 0.0978. The molecule has 7 heteroatoms. The van der Waals surface area contributed by atoms with Crippen LogP contribution in [0.15, 0.2) is 29.6 Å². The van der Waals surface area contributed by atoms with Crippen molar-refractivity contribution in [2.24, 2.45) is 5.73 Å². The summed E-state index contributed by atoms with van der Waals surface area (Å²) in [5, 5.41) is 3.44. The number of hydrogen-bond acceptors (Lipinski definition) is 5. The first-order valence-electron chi connectivity index (χ1n) is 7.95. The molecule has 24 heavy (non-hydrogen) atoms. The standard InChI is InChI=1S/C17H20ClN3O2S/c18-12-3-5-15(6-4-12)23-10-16-20-14(11-24-16)8-17(22)21-7-1-2-13(19)9-21/h3-6,11,13H,1-2,7-10,19H2. The maximum atomic E-state index is 12.3. The number of amides is 1. The smallest absolute Gasteiger partial charge is 0.228 e.